The van der Waals surface area contributed by atoms with Crippen LogP contribution in [-0.2, 0) is 6.54 Å². The third-order valence-corrected chi connectivity index (χ3v) is 3.86. The molecule has 0 bridgehead atoms. The van der Waals surface area contributed by atoms with Crippen molar-refractivity contribution in [2.45, 2.75) is 6.54 Å². The number of hydrogen-bond acceptors (Lipinski definition) is 6. The fourth-order valence-corrected chi connectivity index (χ4v) is 2.35. The number of rotatable bonds is 3. The van der Waals surface area contributed by atoms with E-state index in [-0.39, 0.29) is 10.6 Å². The number of aromatic nitrogens is 1. The maximum absolute atomic E-state index is 10.8. The summed E-state index contributed by atoms with van der Waals surface area (Å²) in [6.07, 6.45) is 1.52. The second kappa shape index (κ2) is 7.44. The zero-order chi connectivity index (χ0) is 15.2. The van der Waals surface area contributed by atoms with Crippen LogP contribution in [0.3, 0.4) is 0 Å². The molecule has 2 heterocycles. The Morgan fingerprint density at radius 3 is 2.29 bits per heavy atom. The van der Waals surface area contributed by atoms with Crippen LogP contribution < -0.4 is 0 Å². The molecule has 7 nitrogen and oxygen atoms in total. The largest absolute Gasteiger partial charge is 0.304 e. The van der Waals surface area contributed by atoms with E-state index in [4.69, 9.17) is 0 Å². The lowest BCUT2D eigenvalue weighted by atomic mass is 10.3. The fourth-order valence-electron chi connectivity index (χ4n) is 2.35. The van der Waals surface area contributed by atoms with Crippen LogP contribution in [0.15, 0.2) is 18.3 Å². The molecule has 0 aromatic carbocycles. The van der Waals surface area contributed by atoms with Gasteiger partial charge in [-0.2, -0.15) is 0 Å². The summed E-state index contributed by atoms with van der Waals surface area (Å²) in [5, 5.41) is 10.8. The molecule has 7 heteroatoms. The molecule has 1 aromatic heterocycles. The molecule has 0 saturated carbocycles. The zero-order valence-corrected chi connectivity index (χ0v) is 12.7. The van der Waals surface area contributed by atoms with Crippen LogP contribution in [0.1, 0.15) is 5.69 Å². The topological polar surface area (TPSA) is 65.8 Å². The van der Waals surface area contributed by atoms with Crippen molar-refractivity contribution >= 4 is 5.69 Å². The van der Waals surface area contributed by atoms with Crippen molar-refractivity contribution in [1.82, 2.24) is 19.7 Å². The van der Waals surface area contributed by atoms with Gasteiger partial charge in [-0.05, 0) is 14.1 Å². The molecule has 0 atom stereocenters. The second-order valence-corrected chi connectivity index (χ2v) is 5.65. The third-order valence-electron chi connectivity index (χ3n) is 3.86. The minimum Gasteiger partial charge on any atom is -0.304 e. The average molecular weight is 293 g/mol. The molecule has 0 unspecified atom stereocenters. The van der Waals surface area contributed by atoms with Crippen LogP contribution >= 0.6 is 0 Å². The van der Waals surface area contributed by atoms with Gasteiger partial charge in [-0.25, -0.2) is 0 Å². The van der Waals surface area contributed by atoms with E-state index in [1.807, 2.05) is 0 Å². The average Bonchev–Trinajstić information content (AvgIpc) is 2.54. The molecule has 1 aromatic rings. The summed E-state index contributed by atoms with van der Waals surface area (Å²) in [5.41, 5.74) is 0.868. The monoisotopic (exact) mass is 293 g/mol. The highest BCUT2D eigenvalue weighted by Crippen LogP contribution is 2.12. The first kappa shape index (κ1) is 15.8. The number of pyridine rings is 1. The van der Waals surface area contributed by atoms with Crippen LogP contribution in [0, 0.1) is 10.1 Å². The molecule has 0 radical (unpaired) electrons. The summed E-state index contributed by atoms with van der Waals surface area (Å²) in [7, 11) is 4.26. The highest BCUT2D eigenvalue weighted by molar-refractivity contribution is 5.29. The van der Waals surface area contributed by atoms with Crippen LogP contribution in [0.4, 0.5) is 5.69 Å². The molecule has 1 aliphatic rings. The van der Waals surface area contributed by atoms with Crippen molar-refractivity contribution in [2.75, 3.05) is 53.4 Å². The zero-order valence-electron chi connectivity index (χ0n) is 12.7. The Kier molecular flexibility index (Phi) is 5.60. The van der Waals surface area contributed by atoms with Crippen molar-refractivity contribution < 1.29 is 4.92 Å². The lowest BCUT2D eigenvalue weighted by molar-refractivity contribution is -0.385. The van der Waals surface area contributed by atoms with Crippen molar-refractivity contribution in [3.8, 4) is 0 Å². The molecule has 0 spiro atoms. The predicted molar refractivity (Wildman–Crippen MR) is 81.2 cm³/mol. The summed E-state index contributed by atoms with van der Waals surface area (Å²) in [5.74, 6) is 0. The standard InChI is InChI=1S/C14H23N5O2/c1-16-5-6-17(2)8-10-18(9-7-16)12-13-11-14(19(20)21)3-4-15-13/h3-4,11H,5-10,12H2,1-2H3. The van der Waals surface area contributed by atoms with Gasteiger partial charge in [0.15, 0.2) is 0 Å². The minimum absolute atomic E-state index is 0.110. The SMILES string of the molecule is CN1CCN(C)CCN(Cc2cc([N+](=O)[O-])ccn2)CC1. The lowest BCUT2D eigenvalue weighted by Crippen LogP contribution is -2.34. The first-order chi connectivity index (χ1) is 10.0. The molecule has 21 heavy (non-hydrogen) atoms. The molecule has 116 valence electrons. The highest BCUT2D eigenvalue weighted by Gasteiger charge is 2.14. The van der Waals surface area contributed by atoms with Gasteiger partial charge in [0.25, 0.3) is 5.69 Å². The van der Waals surface area contributed by atoms with Crippen LogP contribution in [0.25, 0.3) is 0 Å². The summed E-state index contributed by atoms with van der Waals surface area (Å²) in [6.45, 7) is 6.71. The fraction of sp³-hybridized carbons (Fsp3) is 0.643. The van der Waals surface area contributed by atoms with E-state index in [9.17, 15) is 10.1 Å². The Labute approximate surface area is 125 Å². The summed E-state index contributed by atoms with van der Waals surface area (Å²) in [4.78, 5) is 21.7. The van der Waals surface area contributed by atoms with Gasteiger partial charge in [0.2, 0.25) is 0 Å². The van der Waals surface area contributed by atoms with Crippen molar-refractivity contribution in [1.29, 1.82) is 0 Å². The van der Waals surface area contributed by atoms with Crippen LogP contribution in [-0.4, -0.2) is 78.0 Å². The summed E-state index contributed by atoms with van der Waals surface area (Å²) >= 11 is 0. The minimum atomic E-state index is -0.370. The Balaban J connectivity index is 2.02. The first-order valence-corrected chi connectivity index (χ1v) is 7.23. The molecule has 1 saturated heterocycles. The van der Waals surface area contributed by atoms with E-state index in [0.29, 0.717) is 6.54 Å². The molecule has 1 aliphatic heterocycles. The highest BCUT2D eigenvalue weighted by atomic mass is 16.6. The smallest absolute Gasteiger partial charge is 0.272 e. The Bertz CT molecular complexity index is 468. The number of nitro groups is 1. The second-order valence-electron chi connectivity index (χ2n) is 5.65. The van der Waals surface area contributed by atoms with E-state index in [1.54, 1.807) is 6.07 Å². The Morgan fingerprint density at radius 1 is 1.14 bits per heavy atom. The molecule has 2 rings (SSSR count). The number of likely N-dealkylation sites (N-methyl/N-ethyl adjacent to an activating group) is 2. The molecule has 0 aliphatic carbocycles. The predicted octanol–water partition coefficient (Wildman–Crippen LogP) is 0.669. The van der Waals surface area contributed by atoms with Gasteiger partial charge in [0.05, 0.1) is 10.6 Å². The Hall–Kier alpha value is -1.57. The number of hydrogen-bond donors (Lipinski definition) is 0. The third kappa shape index (κ3) is 5.04. The van der Waals surface area contributed by atoms with Gasteiger partial charge in [0, 0.05) is 64.1 Å². The van der Waals surface area contributed by atoms with Gasteiger partial charge < -0.3 is 9.80 Å². The van der Waals surface area contributed by atoms with Crippen molar-refractivity contribution in [2.24, 2.45) is 0 Å². The van der Waals surface area contributed by atoms with E-state index in [0.717, 1.165) is 45.0 Å². The maximum atomic E-state index is 10.8. The van der Waals surface area contributed by atoms with Gasteiger partial charge >= 0.3 is 0 Å². The maximum Gasteiger partial charge on any atom is 0.272 e. The molecule has 1 fully saturated rings. The van der Waals surface area contributed by atoms with E-state index < -0.39 is 0 Å². The van der Waals surface area contributed by atoms with Gasteiger partial charge in [0.1, 0.15) is 0 Å². The lowest BCUT2D eigenvalue weighted by Gasteiger charge is -2.23. The Morgan fingerprint density at radius 2 is 1.71 bits per heavy atom. The van der Waals surface area contributed by atoms with E-state index in [1.165, 1.54) is 12.3 Å². The van der Waals surface area contributed by atoms with E-state index >= 15 is 0 Å². The molecule has 0 amide bonds. The summed E-state index contributed by atoms with van der Waals surface area (Å²) in [6, 6.07) is 3.00. The molecule has 0 N–H and O–H groups in total. The van der Waals surface area contributed by atoms with Crippen molar-refractivity contribution in [3.63, 3.8) is 0 Å². The van der Waals surface area contributed by atoms with Gasteiger partial charge in [-0.15, -0.1) is 0 Å². The van der Waals surface area contributed by atoms with Gasteiger partial charge in [-0.1, -0.05) is 0 Å². The van der Waals surface area contributed by atoms with E-state index in [2.05, 4.69) is 33.8 Å². The summed E-state index contributed by atoms with van der Waals surface area (Å²) < 4.78 is 0. The normalized spacial score (nSPS) is 19.7. The van der Waals surface area contributed by atoms with Crippen LogP contribution in [0.2, 0.25) is 0 Å². The molecular weight excluding hydrogens is 270 g/mol. The first-order valence-electron chi connectivity index (χ1n) is 7.23. The number of nitrogens with zero attached hydrogens (tertiary/aromatic N) is 5. The molecular formula is C14H23N5O2. The van der Waals surface area contributed by atoms with Crippen LogP contribution in [0.5, 0.6) is 0 Å². The van der Waals surface area contributed by atoms with Crippen molar-refractivity contribution in [3.05, 3.63) is 34.1 Å². The van der Waals surface area contributed by atoms with Gasteiger partial charge in [-0.3, -0.25) is 20.0 Å². The quantitative estimate of drug-likeness (QED) is 0.603.